The molecule has 0 bridgehead atoms. The molecule has 0 saturated carbocycles. The van der Waals surface area contributed by atoms with Crippen LogP contribution in [0.2, 0.25) is 0 Å². The van der Waals surface area contributed by atoms with E-state index in [1.165, 1.54) is 12.1 Å². The van der Waals surface area contributed by atoms with Crippen LogP contribution in [0.15, 0.2) is 47.5 Å². The lowest BCUT2D eigenvalue weighted by Gasteiger charge is -2.29. The first-order chi connectivity index (χ1) is 13.7. The van der Waals surface area contributed by atoms with Crippen LogP contribution in [0.5, 0.6) is 0 Å². The summed E-state index contributed by atoms with van der Waals surface area (Å²) in [5.74, 6) is 0.0500. The highest BCUT2D eigenvalue weighted by Gasteiger charge is 2.15. The minimum Gasteiger partial charge on any atom is -0.378 e. The number of hydrogen-bond acceptors (Lipinski definition) is 3. The number of rotatable bonds is 6. The number of morpholine rings is 1. The third-order valence-corrected chi connectivity index (χ3v) is 4.53. The fraction of sp³-hybridized carbons (Fsp3) is 0.381. The lowest BCUT2D eigenvalue weighted by Crippen LogP contribution is -2.37. The quantitative estimate of drug-likeness (QED) is 0.350. The third-order valence-electron chi connectivity index (χ3n) is 4.53. The molecule has 0 spiro atoms. The van der Waals surface area contributed by atoms with E-state index in [4.69, 9.17) is 4.74 Å². The van der Waals surface area contributed by atoms with Crippen LogP contribution in [-0.4, -0.2) is 38.8 Å². The Morgan fingerprint density at radius 2 is 1.83 bits per heavy atom. The summed E-state index contributed by atoms with van der Waals surface area (Å²) >= 11 is 0. The Balaban J connectivity index is 0.00000300. The summed E-state index contributed by atoms with van der Waals surface area (Å²) in [4.78, 5) is 6.48. The summed E-state index contributed by atoms with van der Waals surface area (Å²) in [5.41, 5.74) is 1.94. The van der Waals surface area contributed by atoms with E-state index in [1.807, 2.05) is 17.9 Å². The summed E-state index contributed by atoms with van der Waals surface area (Å²) in [5, 5.41) is 6.23. The van der Waals surface area contributed by atoms with Gasteiger partial charge in [0, 0.05) is 31.7 Å². The third kappa shape index (κ3) is 6.81. The summed E-state index contributed by atoms with van der Waals surface area (Å²) in [6.45, 7) is 5.90. The van der Waals surface area contributed by atoms with Gasteiger partial charge in [0.15, 0.2) is 5.96 Å². The summed E-state index contributed by atoms with van der Waals surface area (Å²) < 4.78 is 33.6. The Kier molecular flexibility index (Phi) is 9.59. The highest BCUT2D eigenvalue weighted by Crippen LogP contribution is 2.22. The lowest BCUT2D eigenvalue weighted by molar-refractivity contribution is 0.122. The van der Waals surface area contributed by atoms with Gasteiger partial charge in [-0.15, -0.1) is 24.0 Å². The van der Waals surface area contributed by atoms with Gasteiger partial charge >= 0.3 is 0 Å². The first kappa shape index (κ1) is 23.3. The van der Waals surface area contributed by atoms with Crippen molar-refractivity contribution >= 4 is 35.6 Å². The molecule has 2 aromatic carbocycles. The molecule has 0 amide bonds. The van der Waals surface area contributed by atoms with E-state index in [9.17, 15) is 8.78 Å². The monoisotopic (exact) mass is 516 g/mol. The number of anilines is 1. The van der Waals surface area contributed by atoms with E-state index >= 15 is 0 Å². The van der Waals surface area contributed by atoms with E-state index < -0.39 is 0 Å². The second-order valence-corrected chi connectivity index (χ2v) is 6.53. The van der Waals surface area contributed by atoms with Gasteiger partial charge in [0.2, 0.25) is 0 Å². The van der Waals surface area contributed by atoms with Gasteiger partial charge < -0.3 is 20.3 Å². The molecule has 3 rings (SSSR count). The first-order valence-electron chi connectivity index (χ1n) is 9.54. The zero-order chi connectivity index (χ0) is 19.8. The van der Waals surface area contributed by atoms with Crippen LogP contribution >= 0.6 is 24.0 Å². The van der Waals surface area contributed by atoms with Gasteiger partial charge in [0.25, 0.3) is 0 Å². The minimum absolute atomic E-state index is 0. The zero-order valence-corrected chi connectivity index (χ0v) is 18.8. The fourth-order valence-corrected chi connectivity index (χ4v) is 3.04. The summed E-state index contributed by atoms with van der Waals surface area (Å²) in [6.07, 6.45) is 0. The summed E-state index contributed by atoms with van der Waals surface area (Å²) in [7, 11) is 0. The van der Waals surface area contributed by atoms with Gasteiger partial charge in [-0.25, -0.2) is 13.8 Å². The van der Waals surface area contributed by atoms with Gasteiger partial charge in [-0.2, -0.15) is 0 Å². The van der Waals surface area contributed by atoms with Crippen molar-refractivity contribution in [2.45, 2.75) is 20.0 Å². The van der Waals surface area contributed by atoms with Gasteiger partial charge in [-0.05, 0) is 30.7 Å². The molecule has 0 unspecified atom stereocenters. The van der Waals surface area contributed by atoms with E-state index in [-0.39, 0.29) is 35.6 Å². The van der Waals surface area contributed by atoms with Crippen LogP contribution in [0.3, 0.4) is 0 Å². The molecular formula is C21H27F2IN4O. The fourth-order valence-electron chi connectivity index (χ4n) is 3.04. The maximum Gasteiger partial charge on any atom is 0.191 e. The van der Waals surface area contributed by atoms with Crippen molar-refractivity contribution in [1.82, 2.24) is 10.6 Å². The normalized spacial score (nSPS) is 14.3. The van der Waals surface area contributed by atoms with Crippen LogP contribution in [0.25, 0.3) is 0 Å². The van der Waals surface area contributed by atoms with Gasteiger partial charge in [0.05, 0.1) is 25.4 Å². The Bertz CT molecular complexity index is 813. The molecule has 0 atom stereocenters. The van der Waals surface area contributed by atoms with Crippen LogP contribution in [0.4, 0.5) is 14.5 Å². The Morgan fingerprint density at radius 1 is 1.07 bits per heavy atom. The van der Waals surface area contributed by atoms with Crippen LogP contribution < -0.4 is 15.5 Å². The molecule has 2 N–H and O–H groups in total. The highest BCUT2D eigenvalue weighted by atomic mass is 127. The van der Waals surface area contributed by atoms with Crippen molar-refractivity contribution in [3.05, 3.63) is 65.2 Å². The van der Waals surface area contributed by atoms with Crippen molar-refractivity contribution < 1.29 is 13.5 Å². The molecular weight excluding hydrogens is 489 g/mol. The molecule has 0 aromatic heterocycles. The van der Waals surface area contributed by atoms with Crippen molar-refractivity contribution in [3.63, 3.8) is 0 Å². The van der Waals surface area contributed by atoms with Crippen molar-refractivity contribution in [2.24, 2.45) is 4.99 Å². The maximum atomic E-state index is 14.5. The molecule has 1 heterocycles. The SMILES string of the molecule is CCNC(=NCc1ccc(N2CCOCC2)c(F)c1)NCc1ccccc1F.I. The van der Waals surface area contributed by atoms with Crippen molar-refractivity contribution in [1.29, 1.82) is 0 Å². The molecule has 0 aliphatic carbocycles. The Hall–Kier alpha value is -1.94. The minimum atomic E-state index is -0.258. The van der Waals surface area contributed by atoms with Crippen LogP contribution in [-0.2, 0) is 17.8 Å². The number of ether oxygens (including phenoxy) is 1. The number of benzene rings is 2. The van der Waals surface area contributed by atoms with Gasteiger partial charge in [-0.1, -0.05) is 24.3 Å². The predicted molar refractivity (Wildman–Crippen MR) is 123 cm³/mol. The largest absolute Gasteiger partial charge is 0.378 e. The Morgan fingerprint density at radius 3 is 2.52 bits per heavy atom. The molecule has 2 aromatic rings. The van der Waals surface area contributed by atoms with Gasteiger partial charge in [-0.3, -0.25) is 0 Å². The molecule has 158 valence electrons. The van der Waals surface area contributed by atoms with E-state index in [0.717, 1.165) is 5.56 Å². The van der Waals surface area contributed by atoms with Crippen LogP contribution in [0, 0.1) is 11.6 Å². The number of nitrogens with one attached hydrogen (secondary N) is 2. The van der Waals surface area contributed by atoms with Crippen LogP contribution in [0.1, 0.15) is 18.1 Å². The molecule has 1 fully saturated rings. The number of halogens is 3. The zero-order valence-electron chi connectivity index (χ0n) is 16.5. The average molecular weight is 516 g/mol. The van der Waals surface area contributed by atoms with Crippen molar-refractivity contribution in [3.8, 4) is 0 Å². The van der Waals surface area contributed by atoms with Crippen molar-refractivity contribution in [2.75, 3.05) is 37.7 Å². The smallest absolute Gasteiger partial charge is 0.191 e. The van der Waals surface area contributed by atoms with E-state index in [0.29, 0.717) is 63.1 Å². The number of guanidine groups is 1. The Labute approximate surface area is 187 Å². The maximum absolute atomic E-state index is 14.5. The molecule has 1 aliphatic rings. The predicted octanol–water partition coefficient (Wildman–Crippen LogP) is 3.67. The molecule has 8 heteroatoms. The van der Waals surface area contributed by atoms with E-state index in [1.54, 1.807) is 24.3 Å². The summed E-state index contributed by atoms with van der Waals surface area (Å²) in [6, 6.07) is 11.8. The molecule has 29 heavy (non-hydrogen) atoms. The number of nitrogens with zero attached hydrogens (tertiary/aromatic N) is 2. The molecule has 1 saturated heterocycles. The number of hydrogen-bond donors (Lipinski definition) is 2. The standard InChI is InChI=1S/C21H26F2N4O.HI/c1-2-24-21(26-15-17-5-3-4-6-18(17)22)25-14-16-7-8-20(19(23)13-16)27-9-11-28-12-10-27;/h3-8,13H,2,9-12,14-15H2,1H3,(H2,24,25,26);1H. The second-order valence-electron chi connectivity index (χ2n) is 6.53. The van der Waals surface area contributed by atoms with E-state index in [2.05, 4.69) is 15.6 Å². The molecule has 0 radical (unpaired) electrons. The topological polar surface area (TPSA) is 48.9 Å². The first-order valence-corrected chi connectivity index (χ1v) is 9.54. The highest BCUT2D eigenvalue weighted by molar-refractivity contribution is 14.0. The average Bonchev–Trinajstić information content (AvgIpc) is 2.72. The molecule has 1 aliphatic heterocycles. The van der Waals surface area contributed by atoms with Gasteiger partial charge in [0.1, 0.15) is 11.6 Å². The number of aliphatic imine (C=N–C) groups is 1. The molecule has 5 nitrogen and oxygen atoms in total. The second kappa shape index (κ2) is 11.9. The lowest BCUT2D eigenvalue weighted by atomic mass is 10.1.